The number of halogens is 3. The van der Waals surface area contributed by atoms with Gasteiger partial charge in [0.25, 0.3) is 5.88 Å². The zero-order chi connectivity index (χ0) is 10.9. The van der Waals surface area contributed by atoms with E-state index in [9.17, 15) is 13.2 Å². The van der Waals surface area contributed by atoms with Gasteiger partial charge in [0.2, 0.25) is 0 Å². The topological polar surface area (TPSA) is 35.3 Å². The molecule has 2 rings (SSSR count). The molecule has 1 heterocycles. The molecule has 15 heavy (non-hydrogen) atoms. The highest BCUT2D eigenvalue weighted by molar-refractivity contribution is 7.95. The highest BCUT2D eigenvalue weighted by Gasteiger charge is 2.32. The van der Waals surface area contributed by atoms with Crippen LogP contribution in [0.2, 0.25) is 0 Å². The van der Waals surface area contributed by atoms with Gasteiger partial charge < -0.3 is 8.71 Å². The van der Waals surface area contributed by atoms with Crippen LogP contribution >= 0.6 is 12.0 Å². The van der Waals surface area contributed by atoms with E-state index in [4.69, 9.17) is 4.52 Å². The molecule has 0 saturated carbocycles. The second kappa shape index (κ2) is 3.65. The molecular weight excluding hydrogens is 231 g/mol. The van der Waals surface area contributed by atoms with Crippen LogP contribution in [0.5, 0.6) is 5.88 Å². The number of fused-ring (bicyclic) bond motifs is 1. The third kappa shape index (κ3) is 2.35. The molecular formula is C8H4F3NO2S. The molecule has 0 radical (unpaired) electrons. The Morgan fingerprint density at radius 2 is 2.00 bits per heavy atom. The van der Waals surface area contributed by atoms with E-state index >= 15 is 0 Å². The minimum Gasteiger partial charge on any atom is -0.393 e. The molecule has 0 amide bonds. The average Bonchev–Trinajstić information content (AvgIpc) is 2.57. The molecule has 7 heteroatoms. The van der Waals surface area contributed by atoms with Crippen LogP contribution in [0, 0.1) is 0 Å². The first kappa shape index (κ1) is 10.2. The molecule has 0 aliphatic heterocycles. The molecule has 0 N–H and O–H groups in total. The molecule has 0 bridgehead atoms. The zero-order valence-corrected chi connectivity index (χ0v) is 7.93. The van der Waals surface area contributed by atoms with Crippen molar-refractivity contribution in [1.82, 2.24) is 5.16 Å². The number of alkyl halides is 3. The van der Waals surface area contributed by atoms with Crippen molar-refractivity contribution in [2.75, 3.05) is 0 Å². The molecule has 0 saturated heterocycles. The van der Waals surface area contributed by atoms with Crippen molar-refractivity contribution in [3.63, 3.8) is 0 Å². The number of nitrogens with zero attached hydrogens (tertiary/aromatic N) is 1. The van der Waals surface area contributed by atoms with Crippen molar-refractivity contribution in [2.24, 2.45) is 0 Å². The number of hydrogen-bond donors (Lipinski definition) is 0. The van der Waals surface area contributed by atoms with Gasteiger partial charge in [0, 0.05) is 0 Å². The van der Waals surface area contributed by atoms with Crippen LogP contribution in [-0.2, 0) is 0 Å². The third-order valence-corrected chi connectivity index (χ3v) is 1.99. The second-order valence-corrected chi connectivity index (χ2v) is 3.39. The van der Waals surface area contributed by atoms with E-state index in [1.807, 2.05) is 0 Å². The molecule has 80 valence electrons. The Morgan fingerprint density at radius 1 is 1.27 bits per heavy atom. The summed E-state index contributed by atoms with van der Waals surface area (Å²) < 4.78 is 44.7. The van der Waals surface area contributed by atoms with Crippen molar-refractivity contribution >= 4 is 23.0 Å². The minimum absolute atomic E-state index is 0.173. The van der Waals surface area contributed by atoms with Crippen molar-refractivity contribution in [3.05, 3.63) is 24.3 Å². The summed E-state index contributed by atoms with van der Waals surface area (Å²) in [6.07, 6.45) is 0. The van der Waals surface area contributed by atoms with Crippen LogP contribution in [-0.4, -0.2) is 10.7 Å². The SMILES string of the molecule is FC(F)(F)SOc1noc2ccccc12. The number of para-hydroxylation sites is 1. The van der Waals surface area contributed by atoms with Gasteiger partial charge in [-0.05, 0) is 17.3 Å². The molecule has 3 nitrogen and oxygen atoms in total. The Bertz CT molecular complexity index is 468. The molecule has 1 aromatic carbocycles. The van der Waals surface area contributed by atoms with Crippen molar-refractivity contribution < 1.29 is 21.9 Å². The van der Waals surface area contributed by atoms with Gasteiger partial charge in [-0.25, -0.2) is 0 Å². The maximum Gasteiger partial charge on any atom is 0.479 e. The lowest BCUT2D eigenvalue weighted by molar-refractivity contribution is -0.0370. The smallest absolute Gasteiger partial charge is 0.393 e. The maximum absolute atomic E-state index is 11.8. The number of rotatable bonds is 2. The summed E-state index contributed by atoms with van der Waals surface area (Å²) in [6.45, 7) is 0. The van der Waals surface area contributed by atoms with E-state index in [-0.39, 0.29) is 5.88 Å². The molecule has 2 aromatic rings. The van der Waals surface area contributed by atoms with Gasteiger partial charge in [-0.15, -0.1) is 0 Å². The Labute approximate surface area is 86.4 Å². The van der Waals surface area contributed by atoms with E-state index in [1.54, 1.807) is 24.3 Å². The van der Waals surface area contributed by atoms with Gasteiger partial charge in [-0.1, -0.05) is 12.1 Å². The van der Waals surface area contributed by atoms with Gasteiger partial charge in [0.15, 0.2) is 17.6 Å². The second-order valence-electron chi connectivity index (χ2n) is 2.60. The summed E-state index contributed by atoms with van der Waals surface area (Å²) in [7, 11) is 0. The molecule has 0 fully saturated rings. The fraction of sp³-hybridized carbons (Fsp3) is 0.125. The van der Waals surface area contributed by atoms with Gasteiger partial charge in [-0.2, -0.15) is 13.2 Å². The Hall–Kier alpha value is -1.37. The minimum atomic E-state index is -4.46. The van der Waals surface area contributed by atoms with Crippen molar-refractivity contribution in [1.29, 1.82) is 0 Å². The summed E-state index contributed by atoms with van der Waals surface area (Å²) in [5.74, 6) is -0.173. The summed E-state index contributed by atoms with van der Waals surface area (Å²) in [5.41, 5.74) is -4.07. The van der Waals surface area contributed by atoms with Crippen molar-refractivity contribution in [2.45, 2.75) is 5.51 Å². The van der Waals surface area contributed by atoms with E-state index in [2.05, 4.69) is 9.34 Å². The summed E-state index contributed by atoms with van der Waals surface area (Å²) in [6, 6.07) is 6.50. The number of benzene rings is 1. The molecule has 0 aliphatic carbocycles. The van der Waals surface area contributed by atoms with E-state index in [1.165, 1.54) is 0 Å². The highest BCUT2D eigenvalue weighted by atomic mass is 32.2. The summed E-state index contributed by atoms with van der Waals surface area (Å²) in [4.78, 5) is 0. The van der Waals surface area contributed by atoms with E-state index in [0.29, 0.717) is 11.0 Å². The van der Waals surface area contributed by atoms with Gasteiger partial charge in [0.1, 0.15) is 0 Å². The molecule has 0 aliphatic rings. The predicted molar refractivity (Wildman–Crippen MR) is 48.3 cm³/mol. The van der Waals surface area contributed by atoms with Gasteiger partial charge in [-0.3, -0.25) is 0 Å². The highest BCUT2D eigenvalue weighted by Crippen LogP contribution is 2.34. The fourth-order valence-electron chi connectivity index (χ4n) is 1.01. The van der Waals surface area contributed by atoms with Crippen LogP contribution in [0.1, 0.15) is 0 Å². The first-order chi connectivity index (χ1) is 7.06. The molecule has 0 atom stereocenters. The number of aromatic nitrogens is 1. The van der Waals surface area contributed by atoms with Crippen LogP contribution in [0.4, 0.5) is 13.2 Å². The standard InChI is InChI=1S/C8H4F3NO2S/c9-8(10,11)15-14-7-5-3-1-2-4-6(5)13-12-7/h1-4H. The lowest BCUT2D eigenvalue weighted by Crippen LogP contribution is -2.02. The zero-order valence-electron chi connectivity index (χ0n) is 7.12. The summed E-state index contributed by atoms with van der Waals surface area (Å²) in [5, 5.41) is 3.79. The number of hydrogen-bond acceptors (Lipinski definition) is 4. The molecule has 0 spiro atoms. The Kier molecular flexibility index (Phi) is 2.47. The largest absolute Gasteiger partial charge is 0.479 e. The first-order valence-corrected chi connectivity index (χ1v) is 4.57. The predicted octanol–water partition coefficient (Wildman–Crippen LogP) is 3.37. The monoisotopic (exact) mass is 235 g/mol. The quantitative estimate of drug-likeness (QED) is 0.747. The average molecular weight is 235 g/mol. The summed E-state index contributed by atoms with van der Waals surface area (Å²) >= 11 is -0.616. The molecule has 1 aromatic heterocycles. The molecule has 0 unspecified atom stereocenters. The lowest BCUT2D eigenvalue weighted by atomic mass is 10.3. The fourth-order valence-corrected chi connectivity index (χ4v) is 1.30. The van der Waals surface area contributed by atoms with Crippen LogP contribution < -0.4 is 4.18 Å². The van der Waals surface area contributed by atoms with E-state index in [0.717, 1.165) is 0 Å². The lowest BCUT2D eigenvalue weighted by Gasteiger charge is -2.02. The third-order valence-electron chi connectivity index (χ3n) is 1.56. The maximum atomic E-state index is 11.8. The van der Waals surface area contributed by atoms with Gasteiger partial charge >= 0.3 is 5.51 Å². The first-order valence-electron chi connectivity index (χ1n) is 3.83. The van der Waals surface area contributed by atoms with Crippen LogP contribution in [0.3, 0.4) is 0 Å². The Balaban J connectivity index is 2.22. The van der Waals surface area contributed by atoms with E-state index < -0.39 is 17.6 Å². The van der Waals surface area contributed by atoms with Crippen molar-refractivity contribution in [3.8, 4) is 5.88 Å². The Morgan fingerprint density at radius 3 is 2.73 bits per heavy atom. The van der Waals surface area contributed by atoms with Crippen LogP contribution in [0.25, 0.3) is 11.0 Å². The van der Waals surface area contributed by atoms with Gasteiger partial charge in [0.05, 0.1) is 5.39 Å². The normalized spacial score (nSPS) is 11.9. The van der Waals surface area contributed by atoms with Crippen LogP contribution in [0.15, 0.2) is 28.8 Å².